The van der Waals surface area contributed by atoms with Crippen LogP contribution in [0.1, 0.15) is 26.7 Å². The standard InChI is InChI=1S/C12H17NO4/c1-7(2)5-9(12(16)17-4)13-10(14)6-8(3)11(13)15/h7,9H,3,5-6H2,1-2,4H3/t9-/m0/s1. The van der Waals surface area contributed by atoms with Gasteiger partial charge in [-0.15, -0.1) is 0 Å². The van der Waals surface area contributed by atoms with E-state index >= 15 is 0 Å². The molecule has 0 aromatic rings. The van der Waals surface area contributed by atoms with Crippen LogP contribution in [0.4, 0.5) is 0 Å². The normalized spacial score (nSPS) is 17.9. The van der Waals surface area contributed by atoms with Crippen LogP contribution in [-0.4, -0.2) is 35.8 Å². The summed E-state index contributed by atoms with van der Waals surface area (Å²) in [6.45, 7) is 7.34. The predicted octanol–water partition coefficient (Wildman–Crippen LogP) is 0.889. The molecule has 1 saturated heterocycles. The first-order chi connectivity index (χ1) is 7.88. The summed E-state index contributed by atoms with van der Waals surface area (Å²) in [5.74, 6) is -1.23. The topological polar surface area (TPSA) is 63.7 Å². The Kier molecular flexibility index (Phi) is 4.04. The number of carbonyl (C=O) groups excluding carboxylic acids is 3. The highest BCUT2D eigenvalue weighted by atomic mass is 16.5. The molecule has 0 aromatic carbocycles. The number of hydrogen-bond donors (Lipinski definition) is 0. The van der Waals surface area contributed by atoms with Gasteiger partial charge in [-0.2, -0.15) is 0 Å². The molecule has 1 rings (SSSR count). The van der Waals surface area contributed by atoms with Gasteiger partial charge in [0.25, 0.3) is 5.91 Å². The molecule has 5 nitrogen and oxygen atoms in total. The molecular formula is C12H17NO4. The molecule has 2 amide bonds. The van der Waals surface area contributed by atoms with E-state index in [9.17, 15) is 14.4 Å². The molecule has 17 heavy (non-hydrogen) atoms. The summed E-state index contributed by atoms with van der Waals surface area (Å²) in [6.07, 6.45) is 0.391. The zero-order valence-electron chi connectivity index (χ0n) is 10.4. The molecule has 0 spiro atoms. The number of esters is 1. The monoisotopic (exact) mass is 239 g/mol. The summed E-state index contributed by atoms with van der Waals surface area (Å²) < 4.78 is 4.64. The van der Waals surface area contributed by atoms with E-state index in [1.165, 1.54) is 7.11 Å². The Hall–Kier alpha value is -1.65. The molecule has 1 aliphatic heterocycles. The Morgan fingerprint density at radius 1 is 1.47 bits per heavy atom. The van der Waals surface area contributed by atoms with E-state index in [4.69, 9.17) is 0 Å². The lowest BCUT2D eigenvalue weighted by Gasteiger charge is -2.24. The average molecular weight is 239 g/mol. The van der Waals surface area contributed by atoms with Gasteiger partial charge in [0.1, 0.15) is 6.04 Å². The van der Waals surface area contributed by atoms with Gasteiger partial charge in [0.2, 0.25) is 5.91 Å². The molecular weight excluding hydrogens is 222 g/mol. The minimum atomic E-state index is -0.834. The zero-order chi connectivity index (χ0) is 13.2. The molecule has 1 heterocycles. The predicted molar refractivity (Wildman–Crippen MR) is 60.9 cm³/mol. The van der Waals surface area contributed by atoms with Crippen LogP contribution < -0.4 is 0 Å². The van der Waals surface area contributed by atoms with Gasteiger partial charge in [0.15, 0.2) is 0 Å². The van der Waals surface area contributed by atoms with Crippen LogP contribution in [0.2, 0.25) is 0 Å². The number of nitrogens with zero attached hydrogens (tertiary/aromatic N) is 1. The van der Waals surface area contributed by atoms with E-state index in [1.54, 1.807) is 0 Å². The summed E-state index contributed by atoms with van der Waals surface area (Å²) in [6, 6.07) is -0.834. The Morgan fingerprint density at radius 3 is 2.41 bits per heavy atom. The number of hydrogen-bond acceptors (Lipinski definition) is 4. The third-order valence-corrected chi connectivity index (χ3v) is 2.63. The summed E-state index contributed by atoms with van der Waals surface area (Å²) in [7, 11) is 1.25. The summed E-state index contributed by atoms with van der Waals surface area (Å²) in [5, 5.41) is 0. The molecule has 1 fully saturated rings. The number of methoxy groups -OCH3 is 1. The minimum absolute atomic E-state index is 0.00950. The lowest BCUT2D eigenvalue weighted by atomic mass is 10.0. The van der Waals surface area contributed by atoms with Crippen molar-refractivity contribution in [2.24, 2.45) is 5.92 Å². The molecule has 0 unspecified atom stereocenters. The van der Waals surface area contributed by atoms with E-state index in [-0.39, 0.29) is 23.8 Å². The second-order valence-corrected chi connectivity index (χ2v) is 4.52. The van der Waals surface area contributed by atoms with Crippen LogP contribution in [0.5, 0.6) is 0 Å². The lowest BCUT2D eigenvalue weighted by molar-refractivity contribution is -0.156. The van der Waals surface area contributed by atoms with E-state index in [0.29, 0.717) is 6.42 Å². The number of imide groups is 1. The van der Waals surface area contributed by atoms with Crippen LogP contribution in [0.25, 0.3) is 0 Å². The minimum Gasteiger partial charge on any atom is -0.467 e. The molecule has 0 aliphatic carbocycles. The highest BCUT2D eigenvalue weighted by Crippen LogP contribution is 2.23. The molecule has 1 aliphatic rings. The Labute approximate surface area is 100 Å². The largest absolute Gasteiger partial charge is 0.467 e. The van der Waals surface area contributed by atoms with Crippen LogP contribution in [0.3, 0.4) is 0 Å². The van der Waals surface area contributed by atoms with Gasteiger partial charge in [0.05, 0.1) is 13.5 Å². The van der Waals surface area contributed by atoms with Crippen molar-refractivity contribution >= 4 is 17.8 Å². The molecule has 0 saturated carbocycles. The molecule has 1 atom stereocenters. The van der Waals surface area contributed by atoms with Gasteiger partial charge in [-0.3, -0.25) is 14.5 Å². The summed E-state index contributed by atoms with van der Waals surface area (Å²) >= 11 is 0. The number of likely N-dealkylation sites (tertiary alicyclic amines) is 1. The van der Waals surface area contributed by atoms with Crippen molar-refractivity contribution in [3.8, 4) is 0 Å². The maximum atomic E-state index is 11.8. The van der Waals surface area contributed by atoms with E-state index in [1.807, 2.05) is 13.8 Å². The average Bonchev–Trinajstić information content (AvgIpc) is 2.49. The number of carbonyl (C=O) groups is 3. The number of ether oxygens (including phenoxy) is 1. The van der Waals surface area contributed by atoms with Crippen molar-refractivity contribution in [2.75, 3.05) is 7.11 Å². The molecule has 0 N–H and O–H groups in total. The van der Waals surface area contributed by atoms with Crippen LogP contribution >= 0.6 is 0 Å². The van der Waals surface area contributed by atoms with Crippen LogP contribution in [0, 0.1) is 5.92 Å². The maximum absolute atomic E-state index is 11.8. The SMILES string of the molecule is C=C1CC(=O)N([C@@H](CC(C)C)C(=O)OC)C1=O. The fourth-order valence-corrected chi connectivity index (χ4v) is 1.83. The molecule has 0 aromatic heterocycles. The van der Waals surface area contributed by atoms with Gasteiger partial charge in [-0.05, 0) is 12.3 Å². The quantitative estimate of drug-likeness (QED) is 0.415. The fourth-order valence-electron chi connectivity index (χ4n) is 1.83. The van der Waals surface area contributed by atoms with E-state index in [2.05, 4.69) is 11.3 Å². The number of rotatable bonds is 4. The molecule has 0 radical (unpaired) electrons. The van der Waals surface area contributed by atoms with Gasteiger partial charge >= 0.3 is 5.97 Å². The first-order valence-corrected chi connectivity index (χ1v) is 5.50. The Bertz CT molecular complexity index is 373. The third-order valence-electron chi connectivity index (χ3n) is 2.63. The maximum Gasteiger partial charge on any atom is 0.329 e. The van der Waals surface area contributed by atoms with Crippen molar-refractivity contribution in [2.45, 2.75) is 32.7 Å². The first kappa shape index (κ1) is 13.4. The second kappa shape index (κ2) is 5.12. The summed E-state index contributed by atoms with van der Waals surface area (Å²) in [5.41, 5.74) is 0.229. The zero-order valence-corrected chi connectivity index (χ0v) is 10.4. The van der Waals surface area contributed by atoms with Crippen molar-refractivity contribution < 1.29 is 19.1 Å². The Balaban J connectivity index is 2.97. The van der Waals surface area contributed by atoms with Crippen molar-refractivity contribution in [1.82, 2.24) is 4.90 Å². The van der Waals surface area contributed by atoms with Crippen molar-refractivity contribution in [1.29, 1.82) is 0 Å². The smallest absolute Gasteiger partial charge is 0.329 e. The lowest BCUT2D eigenvalue weighted by Crippen LogP contribution is -2.45. The van der Waals surface area contributed by atoms with Crippen molar-refractivity contribution in [3.05, 3.63) is 12.2 Å². The van der Waals surface area contributed by atoms with E-state index in [0.717, 1.165) is 4.90 Å². The van der Waals surface area contributed by atoms with Crippen LogP contribution in [0.15, 0.2) is 12.2 Å². The highest BCUT2D eigenvalue weighted by Gasteiger charge is 2.41. The van der Waals surface area contributed by atoms with Gasteiger partial charge in [0, 0.05) is 5.57 Å². The Morgan fingerprint density at radius 2 is 2.06 bits per heavy atom. The summed E-state index contributed by atoms with van der Waals surface area (Å²) in [4.78, 5) is 36.0. The molecule has 5 heteroatoms. The van der Waals surface area contributed by atoms with Crippen molar-refractivity contribution in [3.63, 3.8) is 0 Å². The molecule has 94 valence electrons. The highest BCUT2D eigenvalue weighted by molar-refractivity contribution is 6.14. The third kappa shape index (κ3) is 2.72. The fraction of sp³-hybridized carbons (Fsp3) is 0.583. The van der Waals surface area contributed by atoms with Crippen LogP contribution in [-0.2, 0) is 19.1 Å². The van der Waals surface area contributed by atoms with Gasteiger partial charge < -0.3 is 4.74 Å². The van der Waals surface area contributed by atoms with Gasteiger partial charge in [-0.25, -0.2) is 4.79 Å². The van der Waals surface area contributed by atoms with E-state index < -0.39 is 17.9 Å². The first-order valence-electron chi connectivity index (χ1n) is 5.50. The molecule has 0 bridgehead atoms. The second-order valence-electron chi connectivity index (χ2n) is 4.52. The van der Waals surface area contributed by atoms with Gasteiger partial charge in [-0.1, -0.05) is 20.4 Å². The number of amides is 2.